The number of ketones is 1. The second kappa shape index (κ2) is 11.1. The highest BCUT2D eigenvalue weighted by molar-refractivity contribution is 5.86. The summed E-state index contributed by atoms with van der Waals surface area (Å²) in [4.78, 5) is 22.0. The minimum Gasteiger partial charge on any atom is -0.478 e. The molecule has 0 saturated heterocycles. The van der Waals surface area contributed by atoms with Crippen LogP contribution in [-0.4, -0.2) is 16.9 Å². The van der Waals surface area contributed by atoms with E-state index in [1.807, 2.05) is 26.8 Å². The van der Waals surface area contributed by atoms with Crippen LogP contribution in [0.4, 0.5) is 0 Å². The van der Waals surface area contributed by atoms with E-state index in [9.17, 15) is 9.59 Å². The lowest BCUT2D eigenvalue weighted by Crippen LogP contribution is -2.00. The summed E-state index contributed by atoms with van der Waals surface area (Å²) in [5, 5.41) is 9.17. The molecule has 0 heterocycles. The van der Waals surface area contributed by atoms with E-state index in [0.29, 0.717) is 18.4 Å². The molecule has 0 atom stereocenters. The molecular formula is C18H28O3. The maximum absolute atomic E-state index is 11.2. The number of Topliss-reactive ketones (excluding diaryl/α,β-unsaturated/α-hetero) is 1. The zero-order valence-electron chi connectivity index (χ0n) is 13.7. The summed E-state index contributed by atoms with van der Waals surface area (Å²) in [5.41, 5.74) is 2.91. The number of hydrogen-bond donors (Lipinski definition) is 1. The SMILES string of the molecule is CC(=O)CC/C=C(\C)CC/C=C(\CCC=C(C)C)C(=O)O. The number of hydrogen-bond acceptors (Lipinski definition) is 2. The summed E-state index contributed by atoms with van der Waals surface area (Å²) in [7, 11) is 0. The molecule has 0 amide bonds. The molecular weight excluding hydrogens is 264 g/mol. The molecule has 0 aromatic rings. The van der Waals surface area contributed by atoms with Crippen molar-refractivity contribution in [2.24, 2.45) is 0 Å². The number of aliphatic carboxylic acids is 1. The number of carboxylic acid groups (broad SMARTS) is 1. The Morgan fingerprint density at radius 2 is 1.38 bits per heavy atom. The molecule has 0 unspecified atom stereocenters. The summed E-state index contributed by atoms with van der Waals surface area (Å²) in [6.07, 6.45) is 10.2. The first kappa shape index (κ1) is 19.4. The number of allylic oxidation sites excluding steroid dienone is 5. The Labute approximate surface area is 128 Å². The monoisotopic (exact) mass is 292 g/mol. The van der Waals surface area contributed by atoms with Gasteiger partial charge in [0.15, 0.2) is 0 Å². The highest BCUT2D eigenvalue weighted by atomic mass is 16.4. The van der Waals surface area contributed by atoms with Crippen molar-refractivity contribution in [1.82, 2.24) is 0 Å². The van der Waals surface area contributed by atoms with E-state index >= 15 is 0 Å². The van der Waals surface area contributed by atoms with Gasteiger partial charge in [0.1, 0.15) is 5.78 Å². The van der Waals surface area contributed by atoms with Crippen molar-refractivity contribution in [2.75, 3.05) is 0 Å². The van der Waals surface area contributed by atoms with Crippen molar-refractivity contribution >= 4 is 11.8 Å². The van der Waals surface area contributed by atoms with E-state index in [1.54, 1.807) is 6.92 Å². The fraction of sp³-hybridized carbons (Fsp3) is 0.556. The van der Waals surface area contributed by atoms with E-state index in [1.165, 1.54) is 11.1 Å². The molecule has 21 heavy (non-hydrogen) atoms. The Morgan fingerprint density at radius 1 is 0.810 bits per heavy atom. The topological polar surface area (TPSA) is 54.4 Å². The lowest BCUT2D eigenvalue weighted by Gasteiger charge is -2.02. The third-order valence-electron chi connectivity index (χ3n) is 3.16. The summed E-state index contributed by atoms with van der Waals surface area (Å²) >= 11 is 0. The molecule has 0 aliphatic carbocycles. The number of carbonyl (C=O) groups is 2. The smallest absolute Gasteiger partial charge is 0.331 e. The lowest BCUT2D eigenvalue weighted by molar-refractivity contribution is -0.132. The number of carbonyl (C=O) groups excluding carboxylic acids is 1. The quantitative estimate of drug-likeness (QED) is 0.463. The van der Waals surface area contributed by atoms with Crippen LogP contribution in [0.3, 0.4) is 0 Å². The van der Waals surface area contributed by atoms with Gasteiger partial charge in [-0.15, -0.1) is 0 Å². The highest BCUT2D eigenvalue weighted by Crippen LogP contribution is 2.13. The van der Waals surface area contributed by atoms with Gasteiger partial charge in [-0.3, -0.25) is 0 Å². The highest BCUT2D eigenvalue weighted by Gasteiger charge is 2.05. The maximum atomic E-state index is 11.2. The van der Waals surface area contributed by atoms with Gasteiger partial charge in [0.2, 0.25) is 0 Å². The van der Waals surface area contributed by atoms with Crippen molar-refractivity contribution in [3.05, 3.63) is 34.9 Å². The molecule has 3 nitrogen and oxygen atoms in total. The van der Waals surface area contributed by atoms with Crippen LogP contribution in [0.15, 0.2) is 34.9 Å². The summed E-state index contributed by atoms with van der Waals surface area (Å²) in [6, 6.07) is 0. The first-order valence-electron chi connectivity index (χ1n) is 7.53. The van der Waals surface area contributed by atoms with E-state index in [0.717, 1.165) is 25.7 Å². The molecule has 0 aromatic carbocycles. The zero-order valence-corrected chi connectivity index (χ0v) is 13.7. The van der Waals surface area contributed by atoms with Crippen LogP contribution >= 0.6 is 0 Å². The molecule has 0 spiro atoms. The van der Waals surface area contributed by atoms with E-state index in [4.69, 9.17) is 5.11 Å². The minimum absolute atomic E-state index is 0.200. The van der Waals surface area contributed by atoms with E-state index in [-0.39, 0.29) is 5.78 Å². The largest absolute Gasteiger partial charge is 0.478 e. The zero-order chi connectivity index (χ0) is 16.3. The van der Waals surface area contributed by atoms with Crippen molar-refractivity contribution in [3.8, 4) is 0 Å². The van der Waals surface area contributed by atoms with Crippen LogP contribution < -0.4 is 0 Å². The van der Waals surface area contributed by atoms with Crippen LogP contribution in [0.5, 0.6) is 0 Å². The average molecular weight is 292 g/mol. The lowest BCUT2D eigenvalue weighted by atomic mass is 10.0. The Hall–Kier alpha value is -1.64. The molecule has 0 rings (SSSR count). The molecule has 118 valence electrons. The number of carboxylic acids is 1. The summed E-state index contributed by atoms with van der Waals surface area (Å²) in [6.45, 7) is 7.65. The Kier molecular flexibility index (Phi) is 10.2. The van der Waals surface area contributed by atoms with Crippen molar-refractivity contribution in [3.63, 3.8) is 0 Å². The van der Waals surface area contributed by atoms with Gasteiger partial charge in [-0.25, -0.2) is 4.79 Å². The van der Waals surface area contributed by atoms with E-state index < -0.39 is 5.97 Å². The minimum atomic E-state index is -0.824. The second-order valence-electron chi connectivity index (χ2n) is 5.68. The molecule has 1 N–H and O–H groups in total. The van der Waals surface area contributed by atoms with Crippen LogP contribution in [0.25, 0.3) is 0 Å². The molecule has 0 aliphatic rings. The average Bonchev–Trinajstić information content (AvgIpc) is 2.35. The number of rotatable bonds is 10. The standard InChI is InChI=1S/C18H28O3/c1-14(2)8-5-12-17(18(20)21)13-7-10-15(3)9-6-11-16(4)19/h8-9,13H,5-7,10-12H2,1-4H3,(H,20,21)/b15-9+,17-13+. The van der Waals surface area contributed by atoms with Crippen molar-refractivity contribution < 1.29 is 14.7 Å². The van der Waals surface area contributed by atoms with Gasteiger partial charge in [0, 0.05) is 12.0 Å². The maximum Gasteiger partial charge on any atom is 0.331 e. The van der Waals surface area contributed by atoms with Gasteiger partial charge < -0.3 is 9.90 Å². The van der Waals surface area contributed by atoms with Gasteiger partial charge in [-0.05, 0) is 59.8 Å². The first-order valence-corrected chi connectivity index (χ1v) is 7.53. The second-order valence-corrected chi connectivity index (χ2v) is 5.68. The van der Waals surface area contributed by atoms with Crippen LogP contribution in [0.1, 0.15) is 66.2 Å². The van der Waals surface area contributed by atoms with E-state index in [2.05, 4.69) is 12.2 Å². The first-order chi connectivity index (χ1) is 9.82. The molecule has 0 radical (unpaired) electrons. The molecule has 0 saturated carbocycles. The summed E-state index contributed by atoms with van der Waals surface area (Å²) in [5.74, 6) is -0.623. The van der Waals surface area contributed by atoms with Crippen LogP contribution in [-0.2, 0) is 9.59 Å². The van der Waals surface area contributed by atoms with Gasteiger partial charge in [-0.2, -0.15) is 0 Å². The molecule has 0 aliphatic heterocycles. The van der Waals surface area contributed by atoms with Crippen LogP contribution in [0.2, 0.25) is 0 Å². The van der Waals surface area contributed by atoms with Crippen LogP contribution in [0, 0.1) is 0 Å². The van der Waals surface area contributed by atoms with Gasteiger partial charge in [-0.1, -0.05) is 29.4 Å². The third kappa shape index (κ3) is 11.9. The fourth-order valence-electron chi connectivity index (χ4n) is 1.91. The Balaban J connectivity index is 4.28. The van der Waals surface area contributed by atoms with Gasteiger partial charge in [0.25, 0.3) is 0 Å². The fourth-order valence-corrected chi connectivity index (χ4v) is 1.91. The molecule has 0 aromatic heterocycles. The van der Waals surface area contributed by atoms with Crippen molar-refractivity contribution in [1.29, 1.82) is 0 Å². The Morgan fingerprint density at radius 3 is 1.90 bits per heavy atom. The molecule has 0 bridgehead atoms. The third-order valence-corrected chi connectivity index (χ3v) is 3.16. The van der Waals surface area contributed by atoms with Crippen molar-refractivity contribution in [2.45, 2.75) is 66.2 Å². The van der Waals surface area contributed by atoms with Gasteiger partial charge in [0.05, 0.1) is 0 Å². The summed E-state index contributed by atoms with van der Waals surface area (Å²) < 4.78 is 0. The molecule has 0 fully saturated rings. The normalized spacial score (nSPS) is 12.2. The Bertz CT molecular complexity index is 435. The van der Waals surface area contributed by atoms with Gasteiger partial charge >= 0.3 is 5.97 Å². The predicted octanol–water partition coefficient (Wildman–Crippen LogP) is 4.84. The molecule has 3 heteroatoms. The predicted molar refractivity (Wildman–Crippen MR) is 87.3 cm³/mol.